The molecule has 0 saturated carbocycles. The third-order valence-corrected chi connectivity index (χ3v) is 4.03. The highest BCUT2D eigenvalue weighted by atomic mass is 15.1. The van der Waals surface area contributed by atoms with Gasteiger partial charge in [-0.2, -0.15) is 0 Å². The highest BCUT2D eigenvalue weighted by Gasteiger charge is 2.06. The molecule has 0 radical (unpaired) electrons. The number of rotatable bonds is 8. The van der Waals surface area contributed by atoms with E-state index in [9.17, 15) is 0 Å². The Morgan fingerprint density at radius 1 is 1.11 bits per heavy atom. The minimum Gasteiger partial charge on any atom is -0.310 e. The van der Waals surface area contributed by atoms with Crippen molar-refractivity contribution in [1.29, 1.82) is 0 Å². The van der Waals surface area contributed by atoms with E-state index < -0.39 is 0 Å². The second kappa shape index (κ2) is 8.34. The average molecular weight is 262 g/mol. The number of hydrogen-bond acceptors (Lipinski definition) is 2. The molecule has 1 aromatic rings. The minimum absolute atomic E-state index is 0.441. The predicted molar refractivity (Wildman–Crippen MR) is 84.7 cm³/mol. The van der Waals surface area contributed by atoms with Crippen LogP contribution in [0.25, 0.3) is 0 Å². The fourth-order valence-corrected chi connectivity index (χ4v) is 2.31. The maximum Gasteiger partial charge on any atom is 0.0291 e. The van der Waals surface area contributed by atoms with Gasteiger partial charge in [0.2, 0.25) is 0 Å². The lowest BCUT2D eigenvalue weighted by Crippen LogP contribution is -2.28. The highest BCUT2D eigenvalue weighted by Crippen LogP contribution is 2.16. The lowest BCUT2D eigenvalue weighted by molar-refractivity contribution is 0.296. The van der Waals surface area contributed by atoms with E-state index >= 15 is 0 Å². The van der Waals surface area contributed by atoms with Crippen molar-refractivity contribution in [2.45, 2.75) is 47.1 Å². The maximum atomic E-state index is 3.62. The zero-order valence-corrected chi connectivity index (χ0v) is 13.3. The molecule has 2 heteroatoms. The molecule has 0 saturated heterocycles. The summed E-state index contributed by atoms with van der Waals surface area (Å²) in [6.45, 7) is 15.7. The largest absolute Gasteiger partial charge is 0.310 e. The van der Waals surface area contributed by atoms with Gasteiger partial charge in [0.25, 0.3) is 0 Å². The average Bonchev–Trinajstić information content (AvgIpc) is 2.42. The summed E-state index contributed by atoms with van der Waals surface area (Å²) in [5, 5.41) is 3.62. The molecule has 0 aromatic heterocycles. The quantitative estimate of drug-likeness (QED) is 0.719. The summed E-state index contributed by atoms with van der Waals surface area (Å²) >= 11 is 0. The van der Waals surface area contributed by atoms with Gasteiger partial charge < -0.3 is 10.2 Å². The number of benzene rings is 1. The molecule has 1 atom stereocenters. The fraction of sp³-hybridized carbons (Fsp3) is 0.647. The molecule has 0 amide bonds. The zero-order valence-electron chi connectivity index (χ0n) is 13.3. The molecule has 0 spiro atoms. The van der Waals surface area contributed by atoms with Crippen LogP contribution in [0.1, 0.15) is 49.9 Å². The van der Waals surface area contributed by atoms with E-state index in [0.717, 1.165) is 19.6 Å². The van der Waals surface area contributed by atoms with Gasteiger partial charge in [-0.3, -0.25) is 0 Å². The number of hydrogen-bond donors (Lipinski definition) is 1. The first-order valence-corrected chi connectivity index (χ1v) is 7.61. The third-order valence-electron chi connectivity index (χ3n) is 4.03. The van der Waals surface area contributed by atoms with Crippen LogP contribution in [0.15, 0.2) is 18.2 Å². The van der Waals surface area contributed by atoms with Crippen LogP contribution in [-0.2, 0) is 0 Å². The van der Waals surface area contributed by atoms with Gasteiger partial charge in [0.05, 0.1) is 0 Å². The Labute approximate surface area is 119 Å². The summed E-state index contributed by atoms with van der Waals surface area (Å²) in [7, 11) is 0. The molecule has 0 aliphatic carbocycles. The molecule has 1 aromatic carbocycles. The van der Waals surface area contributed by atoms with Crippen LogP contribution in [-0.4, -0.2) is 31.1 Å². The molecule has 108 valence electrons. The lowest BCUT2D eigenvalue weighted by atomic mass is 10.0. The van der Waals surface area contributed by atoms with Gasteiger partial charge in [-0.25, -0.2) is 0 Å². The number of aryl methyl sites for hydroxylation is 2. The van der Waals surface area contributed by atoms with Crippen molar-refractivity contribution in [3.8, 4) is 0 Å². The predicted octanol–water partition coefficient (Wildman–Crippen LogP) is 3.69. The first-order chi connectivity index (χ1) is 9.08. The second-order valence-electron chi connectivity index (χ2n) is 5.40. The molecule has 19 heavy (non-hydrogen) atoms. The molecule has 0 bridgehead atoms. The Kier molecular flexibility index (Phi) is 7.11. The summed E-state index contributed by atoms with van der Waals surface area (Å²) < 4.78 is 0. The first-order valence-electron chi connectivity index (χ1n) is 7.61. The van der Waals surface area contributed by atoms with Crippen LogP contribution in [0, 0.1) is 13.8 Å². The van der Waals surface area contributed by atoms with Crippen molar-refractivity contribution in [2.24, 2.45) is 0 Å². The summed E-state index contributed by atoms with van der Waals surface area (Å²) in [4.78, 5) is 2.47. The van der Waals surface area contributed by atoms with Crippen LogP contribution in [0.3, 0.4) is 0 Å². The molecule has 0 aliphatic rings. The minimum atomic E-state index is 0.441. The zero-order chi connectivity index (χ0) is 14.3. The van der Waals surface area contributed by atoms with Crippen LogP contribution in [0.5, 0.6) is 0 Å². The van der Waals surface area contributed by atoms with E-state index in [1.54, 1.807) is 0 Å². The van der Waals surface area contributed by atoms with E-state index in [2.05, 4.69) is 63.0 Å². The van der Waals surface area contributed by atoms with Crippen molar-refractivity contribution in [2.75, 3.05) is 26.2 Å². The Bertz CT molecular complexity index is 370. The second-order valence-corrected chi connectivity index (χ2v) is 5.40. The SMILES string of the molecule is CCN(CC)CCCNC(C)c1ccc(C)c(C)c1. The summed E-state index contributed by atoms with van der Waals surface area (Å²) in [6, 6.07) is 7.21. The molecule has 1 unspecified atom stereocenters. The van der Waals surface area contributed by atoms with Crippen LogP contribution in [0.2, 0.25) is 0 Å². The normalized spacial score (nSPS) is 12.9. The van der Waals surface area contributed by atoms with Crippen LogP contribution < -0.4 is 5.32 Å². The van der Waals surface area contributed by atoms with E-state index in [0.29, 0.717) is 6.04 Å². The van der Waals surface area contributed by atoms with Gasteiger partial charge in [-0.15, -0.1) is 0 Å². The maximum absolute atomic E-state index is 3.62. The van der Waals surface area contributed by atoms with Gasteiger partial charge in [0.15, 0.2) is 0 Å². The third kappa shape index (κ3) is 5.33. The van der Waals surface area contributed by atoms with E-state index in [1.807, 2.05) is 0 Å². The van der Waals surface area contributed by atoms with Gasteiger partial charge >= 0.3 is 0 Å². The summed E-state index contributed by atoms with van der Waals surface area (Å²) in [5.74, 6) is 0. The van der Waals surface area contributed by atoms with Crippen molar-refractivity contribution in [1.82, 2.24) is 10.2 Å². The van der Waals surface area contributed by atoms with Crippen LogP contribution >= 0.6 is 0 Å². The van der Waals surface area contributed by atoms with E-state index in [1.165, 1.54) is 29.7 Å². The van der Waals surface area contributed by atoms with Crippen molar-refractivity contribution >= 4 is 0 Å². The monoisotopic (exact) mass is 262 g/mol. The van der Waals surface area contributed by atoms with Crippen molar-refractivity contribution < 1.29 is 0 Å². The molecular formula is C17H30N2. The smallest absolute Gasteiger partial charge is 0.0291 e. The Hall–Kier alpha value is -0.860. The van der Waals surface area contributed by atoms with Gasteiger partial charge in [0.1, 0.15) is 0 Å². The molecular weight excluding hydrogens is 232 g/mol. The molecule has 0 heterocycles. The van der Waals surface area contributed by atoms with Crippen LogP contribution in [0.4, 0.5) is 0 Å². The molecule has 0 aliphatic heterocycles. The summed E-state index contributed by atoms with van der Waals surface area (Å²) in [6.07, 6.45) is 1.22. The molecule has 1 rings (SSSR count). The van der Waals surface area contributed by atoms with Gasteiger partial charge in [-0.05, 0) is 70.1 Å². The number of nitrogens with zero attached hydrogens (tertiary/aromatic N) is 1. The van der Waals surface area contributed by atoms with Crippen molar-refractivity contribution in [3.63, 3.8) is 0 Å². The summed E-state index contributed by atoms with van der Waals surface area (Å²) in [5.41, 5.74) is 4.15. The Balaban J connectivity index is 2.34. The fourth-order valence-electron chi connectivity index (χ4n) is 2.31. The van der Waals surface area contributed by atoms with Gasteiger partial charge in [0, 0.05) is 6.04 Å². The Morgan fingerprint density at radius 3 is 2.37 bits per heavy atom. The topological polar surface area (TPSA) is 15.3 Å². The lowest BCUT2D eigenvalue weighted by Gasteiger charge is -2.19. The highest BCUT2D eigenvalue weighted by molar-refractivity contribution is 5.31. The van der Waals surface area contributed by atoms with Crippen molar-refractivity contribution in [3.05, 3.63) is 34.9 Å². The van der Waals surface area contributed by atoms with Gasteiger partial charge in [-0.1, -0.05) is 32.0 Å². The first kappa shape index (κ1) is 16.2. The molecule has 1 N–H and O–H groups in total. The molecule has 2 nitrogen and oxygen atoms in total. The standard InChI is InChI=1S/C17H30N2/c1-6-19(7-2)12-8-11-18-16(5)17-10-9-14(3)15(4)13-17/h9-10,13,16,18H,6-8,11-12H2,1-5H3. The van der Waals surface area contributed by atoms with E-state index in [-0.39, 0.29) is 0 Å². The van der Waals surface area contributed by atoms with E-state index in [4.69, 9.17) is 0 Å². The number of nitrogens with one attached hydrogen (secondary N) is 1. The Morgan fingerprint density at radius 2 is 1.79 bits per heavy atom. The molecule has 0 fully saturated rings.